The van der Waals surface area contributed by atoms with Gasteiger partial charge in [0, 0.05) is 42.3 Å². The molecule has 3 N–H and O–H groups in total. The maximum Gasteiger partial charge on any atom is 0.326 e. The molecule has 3 unspecified atom stereocenters. The fourth-order valence-corrected chi connectivity index (χ4v) is 7.34. The molecular weight excluding hydrogens is 488 g/mol. The van der Waals surface area contributed by atoms with E-state index in [1.807, 2.05) is 42.2 Å². The number of ether oxygens (including phenoxy) is 1. The second kappa shape index (κ2) is 10.00. The first-order valence-corrected chi connectivity index (χ1v) is 13.8. The van der Waals surface area contributed by atoms with Gasteiger partial charge in [0.25, 0.3) is 5.91 Å². The summed E-state index contributed by atoms with van der Waals surface area (Å²) in [6.07, 6.45) is 6.25. The van der Waals surface area contributed by atoms with E-state index in [4.69, 9.17) is 4.74 Å². The third-order valence-electron chi connectivity index (χ3n) is 7.62. The maximum atomic E-state index is 13.5. The zero-order valence-corrected chi connectivity index (χ0v) is 21.9. The number of pyridine rings is 1. The fourth-order valence-electron chi connectivity index (χ4n) is 5.94. The van der Waals surface area contributed by atoms with E-state index in [0.29, 0.717) is 16.4 Å². The molecule has 1 aromatic carbocycles. The topological polar surface area (TPSA) is 98.8 Å². The van der Waals surface area contributed by atoms with Gasteiger partial charge in [-0.3, -0.25) is 14.7 Å². The van der Waals surface area contributed by atoms with Crippen LogP contribution in [-0.4, -0.2) is 66.0 Å². The maximum absolute atomic E-state index is 13.5. The Labute approximate surface area is 221 Å². The van der Waals surface area contributed by atoms with Crippen LogP contribution in [0.25, 0.3) is 0 Å². The minimum Gasteiger partial charge on any atom is -0.457 e. The third-order valence-corrected chi connectivity index (χ3v) is 8.98. The molecule has 4 aliphatic heterocycles. The van der Waals surface area contributed by atoms with Crippen molar-refractivity contribution in [2.75, 3.05) is 31.6 Å². The van der Waals surface area contributed by atoms with Crippen molar-refractivity contribution in [3.63, 3.8) is 0 Å². The molecule has 3 saturated heterocycles. The Bertz CT molecular complexity index is 1240. The van der Waals surface area contributed by atoms with E-state index in [-0.39, 0.29) is 35.3 Å². The summed E-state index contributed by atoms with van der Waals surface area (Å²) in [7, 11) is 2.09. The quantitative estimate of drug-likeness (QED) is 0.557. The Morgan fingerprint density at radius 1 is 1.19 bits per heavy atom. The summed E-state index contributed by atoms with van der Waals surface area (Å²) in [6.45, 7) is 4.70. The molecule has 0 spiro atoms. The van der Waals surface area contributed by atoms with Crippen molar-refractivity contribution in [2.45, 2.75) is 43.6 Å². The van der Waals surface area contributed by atoms with Crippen LogP contribution in [0.2, 0.25) is 0 Å². The average molecular weight is 521 g/mol. The van der Waals surface area contributed by atoms with E-state index in [1.165, 1.54) is 0 Å². The van der Waals surface area contributed by atoms with Crippen LogP contribution in [0.1, 0.15) is 24.8 Å². The lowest BCUT2D eigenvalue weighted by atomic mass is 9.86. The van der Waals surface area contributed by atoms with Gasteiger partial charge in [-0.25, -0.2) is 4.79 Å². The van der Waals surface area contributed by atoms with Crippen molar-refractivity contribution >= 4 is 29.4 Å². The number of anilines is 1. The number of piperidine rings is 2. The molecule has 1 aromatic heterocycles. The number of urea groups is 1. The number of rotatable bonds is 5. The van der Waals surface area contributed by atoms with Gasteiger partial charge in [-0.2, -0.15) is 0 Å². The summed E-state index contributed by atoms with van der Waals surface area (Å²) in [6, 6.07) is 9.34. The van der Waals surface area contributed by atoms with Crippen molar-refractivity contribution in [3.8, 4) is 11.5 Å². The van der Waals surface area contributed by atoms with Crippen molar-refractivity contribution in [1.82, 2.24) is 25.8 Å². The number of likely N-dealkylation sites (tertiary alicyclic amines) is 1. The second-order valence-corrected chi connectivity index (χ2v) is 11.4. The largest absolute Gasteiger partial charge is 0.457 e. The van der Waals surface area contributed by atoms with E-state index >= 15 is 0 Å². The first-order chi connectivity index (χ1) is 18.0. The molecule has 2 aromatic rings. The number of hydrogen-bond donors (Lipinski definition) is 3. The van der Waals surface area contributed by atoms with Gasteiger partial charge in [-0.05, 0) is 82.2 Å². The molecular formula is C27H32N6O3S. The molecule has 4 aliphatic rings. The van der Waals surface area contributed by atoms with E-state index in [1.54, 1.807) is 24.2 Å². The van der Waals surface area contributed by atoms with Gasteiger partial charge < -0.3 is 25.6 Å². The highest BCUT2D eigenvalue weighted by Crippen LogP contribution is 2.48. The zero-order chi connectivity index (χ0) is 25.5. The molecule has 6 rings (SSSR count). The predicted molar refractivity (Wildman–Crippen MR) is 143 cm³/mol. The van der Waals surface area contributed by atoms with Crippen molar-refractivity contribution < 1.29 is 14.3 Å². The van der Waals surface area contributed by atoms with Crippen LogP contribution in [0.3, 0.4) is 0 Å². The molecule has 5 heterocycles. The van der Waals surface area contributed by atoms with Gasteiger partial charge in [0.1, 0.15) is 11.5 Å². The van der Waals surface area contributed by atoms with Crippen LogP contribution in [0, 0.1) is 12.8 Å². The van der Waals surface area contributed by atoms with Crippen LogP contribution in [-0.2, 0) is 4.79 Å². The van der Waals surface area contributed by atoms with Crippen LogP contribution < -0.4 is 25.6 Å². The number of aromatic nitrogens is 1. The van der Waals surface area contributed by atoms with E-state index < -0.39 is 0 Å². The molecule has 0 saturated carbocycles. The molecule has 9 nitrogen and oxygen atoms in total. The summed E-state index contributed by atoms with van der Waals surface area (Å²) >= 11 is 1.55. The smallest absolute Gasteiger partial charge is 0.326 e. The summed E-state index contributed by atoms with van der Waals surface area (Å²) < 4.78 is 5.96. The normalized spacial score (nSPS) is 27.5. The Kier molecular flexibility index (Phi) is 6.56. The Morgan fingerprint density at radius 2 is 2.03 bits per heavy atom. The monoisotopic (exact) mass is 520 g/mol. The number of hydrogen-bond acceptors (Lipinski definition) is 7. The summed E-state index contributed by atoms with van der Waals surface area (Å²) in [5.41, 5.74) is 2.58. The van der Waals surface area contributed by atoms with E-state index in [0.717, 1.165) is 55.8 Å². The number of nitrogens with one attached hydrogen (secondary N) is 3. The van der Waals surface area contributed by atoms with Gasteiger partial charge in [0.2, 0.25) is 0 Å². The molecule has 0 aliphatic carbocycles. The number of carbonyl (C=O) groups is 2. The Morgan fingerprint density at radius 3 is 2.81 bits per heavy atom. The Balaban J connectivity index is 1.24. The van der Waals surface area contributed by atoms with Crippen molar-refractivity contribution in [2.24, 2.45) is 5.92 Å². The number of aryl methyl sites for hydroxylation is 1. The summed E-state index contributed by atoms with van der Waals surface area (Å²) in [5.74, 6) is 1.37. The molecule has 0 radical (unpaired) electrons. The Hall–Kier alpha value is -3.08. The van der Waals surface area contributed by atoms with Gasteiger partial charge in [0.15, 0.2) is 0 Å². The lowest BCUT2D eigenvalue weighted by Gasteiger charge is -2.46. The van der Waals surface area contributed by atoms with Gasteiger partial charge >= 0.3 is 6.03 Å². The van der Waals surface area contributed by atoms with Gasteiger partial charge in [-0.15, -0.1) is 0 Å². The minimum atomic E-state index is -0.187. The van der Waals surface area contributed by atoms with Crippen LogP contribution in [0.4, 0.5) is 10.5 Å². The molecule has 37 heavy (non-hydrogen) atoms. The fraction of sp³-hybridized carbons (Fsp3) is 0.444. The highest BCUT2D eigenvalue weighted by Gasteiger charge is 2.52. The van der Waals surface area contributed by atoms with Gasteiger partial charge in [0.05, 0.1) is 16.3 Å². The highest BCUT2D eigenvalue weighted by molar-refractivity contribution is 8.04. The molecule has 194 valence electrons. The molecule has 10 heteroatoms. The summed E-state index contributed by atoms with van der Waals surface area (Å²) in [5, 5.41) is 9.97. The number of carbonyl (C=O) groups excluding carboxylic acids is 2. The standard InChI is InChI=1S/C27H32N6O3S/c1-16-14-19(36-18-7-10-28-11-8-18)5-6-20(16)33-21-9-12-29-26-22(21)23(31-27(33)35)24(37-26)25(34)30-17-4-3-13-32(2)15-17/h5-8,10-11,14,17,21-22,26,29H,3-4,9,12-13,15H2,1-2H3,(H,30,34)(H,31,35)/t17-,21?,22?,26?/m1/s1. The summed E-state index contributed by atoms with van der Waals surface area (Å²) in [4.78, 5) is 35.7. The third kappa shape index (κ3) is 4.69. The molecule has 3 fully saturated rings. The molecule has 3 amide bonds. The van der Waals surface area contributed by atoms with E-state index in [9.17, 15) is 9.59 Å². The number of benzene rings is 1. The zero-order valence-electron chi connectivity index (χ0n) is 21.1. The number of thioether (sulfide) groups is 1. The first-order valence-electron chi connectivity index (χ1n) is 12.9. The average Bonchev–Trinajstić information content (AvgIpc) is 3.25. The first kappa shape index (κ1) is 24.3. The lowest BCUT2D eigenvalue weighted by Crippen LogP contribution is -2.62. The van der Waals surface area contributed by atoms with E-state index in [2.05, 4.69) is 32.9 Å². The second-order valence-electron chi connectivity index (χ2n) is 10.2. The van der Waals surface area contributed by atoms with Gasteiger partial charge in [-0.1, -0.05) is 11.8 Å². The number of nitrogens with zero attached hydrogens (tertiary/aromatic N) is 3. The van der Waals surface area contributed by atoms with Crippen LogP contribution >= 0.6 is 11.8 Å². The minimum absolute atomic E-state index is 0.0263. The van der Waals surface area contributed by atoms with Crippen molar-refractivity contribution in [1.29, 1.82) is 0 Å². The number of likely N-dealkylation sites (N-methyl/N-ethyl adjacent to an activating group) is 1. The predicted octanol–water partition coefficient (Wildman–Crippen LogP) is 3.18. The number of amides is 3. The van der Waals surface area contributed by atoms with Crippen molar-refractivity contribution in [3.05, 3.63) is 58.9 Å². The highest BCUT2D eigenvalue weighted by atomic mass is 32.2. The molecule has 4 atom stereocenters. The molecule has 0 bridgehead atoms. The lowest BCUT2D eigenvalue weighted by molar-refractivity contribution is -0.117. The van der Waals surface area contributed by atoms with Crippen LogP contribution in [0.15, 0.2) is 53.3 Å². The van der Waals surface area contributed by atoms with Crippen LogP contribution in [0.5, 0.6) is 11.5 Å². The SMILES string of the molecule is Cc1cc(Oc2ccncc2)ccc1N1C(=O)NC2=C(C(=O)N[C@@H]3CCCN(C)C3)SC3NCCC1C23.